The van der Waals surface area contributed by atoms with Crippen LogP contribution >= 0.6 is 0 Å². The highest BCUT2D eigenvalue weighted by atomic mass is 16.5. The van der Waals surface area contributed by atoms with Crippen molar-refractivity contribution in [2.75, 3.05) is 6.61 Å². The molecule has 0 saturated carbocycles. The van der Waals surface area contributed by atoms with Gasteiger partial charge in [0, 0.05) is 0 Å². The van der Waals surface area contributed by atoms with E-state index in [0.717, 1.165) is 0 Å². The van der Waals surface area contributed by atoms with Crippen LogP contribution in [0.2, 0.25) is 0 Å². The number of carbonyl (C=O) groups excluding carboxylic acids is 1. The third kappa shape index (κ3) is 5.76. The molecule has 1 atom stereocenters. The van der Waals surface area contributed by atoms with Gasteiger partial charge < -0.3 is 4.74 Å². The summed E-state index contributed by atoms with van der Waals surface area (Å²) >= 11 is 0. The Kier molecular flexibility index (Phi) is 3.58. The highest BCUT2D eigenvalue weighted by Gasteiger charge is 2.12. The van der Waals surface area contributed by atoms with Gasteiger partial charge >= 0.3 is 0 Å². The fraction of sp³-hybridized carbons (Fsp3) is 0.875. The van der Waals surface area contributed by atoms with E-state index in [1.165, 1.54) is 0 Å². The smallest absolute Gasteiger partial charge is 0.229 e. The van der Waals surface area contributed by atoms with E-state index in [4.69, 9.17) is 4.74 Å². The van der Waals surface area contributed by atoms with Crippen molar-refractivity contribution >= 4 is 6.29 Å². The van der Waals surface area contributed by atoms with E-state index in [0.29, 0.717) is 6.61 Å². The molecule has 0 aromatic rings. The van der Waals surface area contributed by atoms with Gasteiger partial charge in [-0.3, -0.25) is 4.79 Å². The molecule has 0 amide bonds. The van der Waals surface area contributed by atoms with E-state index in [9.17, 15) is 4.79 Å². The van der Waals surface area contributed by atoms with E-state index >= 15 is 0 Å². The molecule has 1 unspecified atom stereocenters. The van der Waals surface area contributed by atoms with Crippen molar-refractivity contribution in [2.24, 2.45) is 5.41 Å². The molecule has 59 valence electrons. The van der Waals surface area contributed by atoms with Crippen LogP contribution in [0.15, 0.2) is 0 Å². The monoisotopic (exact) mass is 143 g/mol. The Morgan fingerprint density at radius 1 is 1.50 bits per heavy atom. The van der Waals surface area contributed by atoms with Crippen molar-refractivity contribution in [1.29, 1.82) is 0 Å². The average Bonchev–Trinajstić information content (AvgIpc) is 1.81. The van der Waals surface area contributed by atoms with Crippen LogP contribution < -0.4 is 0 Å². The largest absolute Gasteiger partial charge is 0.370 e. The third-order valence-corrected chi connectivity index (χ3v) is 0.932. The fourth-order valence-corrected chi connectivity index (χ4v) is 0.409. The molecule has 0 aromatic carbocycles. The van der Waals surface area contributed by atoms with Gasteiger partial charge in [-0.15, -0.1) is 0 Å². The van der Waals surface area contributed by atoms with Gasteiger partial charge in [0.25, 0.3) is 0 Å². The lowest BCUT2D eigenvalue weighted by Crippen LogP contribution is -2.20. The van der Waals surface area contributed by atoms with E-state index in [1.54, 1.807) is 13.2 Å². The summed E-state index contributed by atoms with van der Waals surface area (Å²) in [4.78, 5) is 9.97. The molecule has 0 aliphatic heterocycles. The van der Waals surface area contributed by atoms with Gasteiger partial charge in [-0.2, -0.15) is 0 Å². The minimum absolute atomic E-state index is 0.130. The second-order valence-electron chi connectivity index (χ2n) is 3.63. The van der Waals surface area contributed by atoms with E-state index in [1.807, 2.05) is 0 Å². The summed E-state index contributed by atoms with van der Waals surface area (Å²) in [6, 6.07) is 0. The van der Waals surface area contributed by atoms with Crippen molar-refractivity contribution < 1.29 is 9.53 Å². The van der Waals surface area contributed by atoms with Crippen LogP contribution in [0.4, 0.5) is 0 Å². The standard InChI is InChI=1S/C8H15O2/c1-7(5-9)10-6-8(2,3)4/h7H,6H2,1-4H3. The van der Waals surface area contributed by atoms with Gasteiger partial charge in [-0.25, -0.2) is 0 Å². The normalized spacial score (nSPS) is 14.8. The Labute approximate surface area is 62.6 Å². The lowest BCUT2D eigenvalue weighted by atomic mass is 9.99. The Balaban J connectivity index is 3.45. The summed E-state index contributed by atoms with van der Waals surface area (Å²) < 4.78 is 5.13. The van der Waals surface area contributed by atoms with E-state index in [2.05, 4.69) is 20.8 Å². The average molecular weight is 143 g/mol. The summed E-state index contributed by atoms with van der Waals surface area (Å²) in [6.07, 6.45) is 1.38. The van der Waals surface area contributed by atoms with E-state index < -0.39 is 0 Å². The molecule has 2 heteroatoms. The molecular weight excluding hydrogens is 128 g/mol. The van der Waals surface area contributed by atoms with E-state index in [-0.39, 0.29) is 11.5 Å². The quantitative estimate of drug-likeness (QED) is 0.599. The lowest BCUT2D eigenvalue weighted by Gasteiger charge is -2.18. The molecule has 0 aliphatic rings. The summed E-state index contributed by atoms with van der Waals surface area (Å²) in [6.45, 7) is 8.47. The maximum Gasteiger partial charge on any atom is 0.229 e. The van der Waals surface area contributed by atoms with Gasteiger partial charge in [-0.05, 0) is 12.3 Å². The first-order valence-corrected chi connectivity index (χ1v) is 3.45. The molecule has 0 aliphatic carbocycles. The van der Waals surface area contributed by atoms with Crippen LogP contribution in [0.1, 0.15) is 27.7 Å². The molecule has 10 heavy (non-hydrogen) atoms. The molecule has 0 spiro atoms. The fourth-order valence-electron chi connectivity index (χ4n) is 0.409. The molecule has 1 radical (unpaired) electrons. The molecule has 0 bridgehead atoms. The molecule has 2 nitrogen and oxygen atoms in total. The summed E-state index contributed by atoms with van der Waals surface area (Å²) in [5.74, 6) is 0. The van der Waals surface area contributed by atoms with Crippen LogP contribution in [0.25, 0.3) is 0 Å². The second-order valence-corrected chi connectivity index (χ2v) is 3.63. The van der Waals surface area contributed by atoms with Crippen molar-refractivity contribution in [1.82, 2.24) is 0 Å². The zero-order valence-corrected chi connectivity index (χ0v) is 7.10. The van der Waals surface area contributed by atoms with Gasteiger partial charge in [0.05, 0.1) is 6.61 Å². The van der Waals surface area contributed by atoms with Gasteiger partial charge in [0.2, 0.25) is 6.29 Å². The lowest BCUT2D eigenvalue weighted by molar-refractivity contribution is 0.0508. The predicted molar refractivity (Wildman–Crippen MR) is 40.6 cm³/mol. The third-order valence-electron chi connectivity index (χ3n) is 0.932. The second kappa shape index (κ2) is 3.71. The number of hydrogen-bond donors (Lipinski definition) is 0. The zero-order valence-electron chi connectivity index (χ0n) is 7.10. The molecule has 0 saturated heterocycles. The first-order chi connectivity index (χ1) is 4.45. The Hall–Kier alpha value is -0.370. The van der Waals surface area contributed by atoms with Crippen molar-refractivity contribution in [3.05, 3.63) is 0 Å². The number of hydrogen-bond acceptors (Lipinski definition) is 2. The molecule has 0 N–H and O–H groups in total. The van der Waals surface area contributed by atoms with Gasteiger partial charge in [0.1, 0.15) is 6.10 Å². The Morgan fingerprint density at radius 2 is 2.00 bits per heavy atom. The van der Waals surface area contributed by atoms with Crippen LogP contribution in [0, 0.1) is 5.41 Å². The van der Waals surface area contributed by atoms with Crippen LogP contribution in [0.3, 0.4) is 0 Å². The minimum atomic E-state index is -0.390. The SMILES string of the molecule is CC([C]=O)OCC(C)(C)C. The minimum Gasteiger partial charge on any atom is -0.370 e. The molecular formula is C8H15O2. The van der Waals surface area contributed by atoms with Crippen LogP contribution in [-0.2, 0) is 9.53 Å². The van der Waals surface area contributed by atoms with Crippen molar-refractivity contribution in [2.45, 2.75) is 33.8 Å². The van der Waals surface area contributed by atoms with Crippen LogP contribution in [-0.4, -0.2) is 19.0 Å². The van der Waals surface area contributed by atoms with Gasteiger partial charge in [0.15, 0.2) is 0 Å². The van der Waals surface area contributed by atoms with Crippen LogP contribution in [0.5, 0.6) is 0 Å². The maximum atomic E-state index is 9.97. The zero-order chi connectivity index (χ0) is 8.20. The molecule has 0 rings (SSSR count). The first-order valence-electron chi connectivity index (χ1n) is 3.45. The highest BCUT2D eigenvalue weighted by Crippen LogP contribution is 2.13. The summed E-state index contributed by atoms with van der Waals surface area (Å²) in [7, 11) is 0. The van der Waals surface area contributed by atoms with Crippen molar-refractivity contribution in [3.63, 3.8) is 0 Å². The number of rotatable bonds is 3. The molecule has 0 heterocycles. The van der Waals surface area contributed by atoms with Gasteiger partial charge in [-0.1, -0.05) is 20.8 Å². The summed E-state index contributed by atoms with van der Waals surface area (Å²) in [5.41, 5.74) is 0.130. The highest BCUT2D eigenvalue weighted by molar-refractivity contribution is 5.56. The van der Waals surface area contributed by atoms with Crippen molar-refractivity contribution in [3.8, 4) is 0 Å². The molecule has 0 aromatic heterocycles. The summed E-state index contributed by atoms with van der Waals surface area (Å²) in [5, 5.41) is 0. The Bertz CT molecular complexity index is 102. The topological polar surface area (TPSA) is 26.3 Å². The predicted octanol–water partition coefficient (Wildman–Crippen LogP) is 1.55. The Morgan fingerprint density at radius 3 is 2.30 bits per heavy atom. The first kappa shape index (κ1) is 9.63. The number of ether oxygens (including phenoxy) is 1. The molecule has 0 fully saturated rings. The maximum absolute atomic E-state index is 9.97.